The monoisotopic (exact) mass is 237 g/mol. The molecule has 1 rings (SSSR count). The van der Waals surface area contributed by atoms with Crippen LogP contribution in [0, 0.1) is 0 Å². The number of alkyl halides is 3. The van der Waals surface area contributed by atoms with Gasteiger partial charge in [-0.25, -0.2) is 9.67 Å². The van der Waals surface area contributed by atoms with Crippen LogP contribution in [0.2, 0.25) is 0 Å². The zero-order valence-corrected chi connectivity index (χ0v) is 8.40. The maximum atomic E-state index is 12.0. The van der Waals surface area contributed by atoms with Crippen molar-refractivity contribution >= 4 is 11.9 Å². The smallest absolute Gasteiger partial charge is 0.367 e. The Labute approximate surface area is 88.8 Å². The Morgan fingerprint density at radius 2 is 2.25 bits per heavy atom. The molecule has 1 aromatic rings. The third kappa shape index (κ3) is 3.75. The summed E-state index contributed by atoms with van der Waals surface area (Å²) in [6, 6.07) is 0. The first-order valence-corrected chi connectivity index (χ1v) is 4.23. The molecule has 16 heavy (non-hydrogen) atoms. The number of amides is 1. The number of nitrogen functional groups attached to an aromatic ring is 1. The summed E-state index contributed by atoms with van der Waals surface area (Å²) in [4.78, 5) is 15.4. The van der Waals surface area contributed by atoms with Crippen LogP contribution in [0.1, 0.15) is 0 Å². The Morgan fingerprint density at radius 1 is 1.62 bits per heavy atom. The summed E-state index contributed by atoms with van der Waals surface area (Å²) < 4.78 is 37.0. The highest BCUT2D eigenvalue weighted by Crippen LogP contribution is 2.15. The topological polar surface area (TPSA) is 77.0 Å². The number of halogens is 3. The largest absolute Gasteiger partial charge is 0.406 e. The zero-order chi connectivity index (χ0) is 12.3. The van der Waals surface area contributed by atoms with Gasteiger partial charge in [0.2, 0.25) is 11.9 Å². The predicted molar refractivity (Wildman–Crippen MR) is 48.1 cm³/mol. The number of carbonyl (C=O) groups excluding carboxylic acids is 1. The first-order valence-electron chi connectivity index (χ1n) is 4.23. The second-order valence-corrected chi connectivity index (χ2v) is 3.17. The van der Waals surface area contributed by atoms with Gasteiger partial charge >= 0.3 is 6.18 Å². The number of carbonyl (C=O) groups is 1. The maximum Gasteiger partial charge on any atom is 0.406 e. The minimum Gasteiger partial charge on any atom is -0.367 e. The van der Waals surface area contributed by atoms with Gasteiger partial charge in [0.1, 0.15) is 19.4 Å². The summed E-state index contributed by atoms with van der Waals surface area (Å²) in [5, 5.41) is 3.58. The second kappa shape index (κ2) is 4.37. The quantitative estimate of drug-likeness (QED) is 0.795. The van der Waals surface area contributed by atoms with Crippen molar-refractivity contribution in [2.24, 2.45) is 0 Å². The Bertz CT molecular complexity index is 374. The first kappa shape index (κ1) is 12.3. The van der Waals surface area contributed by atoms with Gasteiger partial charge < -0.3 is 10.6 Å². The first-order chi connectivity index (χ1) is 7.28. The Kier molecular flexibility index (Phi) is 3.35. The van der Waals surface area contributed by atoms with Gasteiger partial charge in [0.25, 0.3) is 0 Å². The van der Waals surface area contributed by atoms with Gasteiger partial charge in [0.05, 0.1) is 0 Å². The van der Waals surface area contributed by atoms with Crippen molar-refractivity contribution in [2.45, 2.75) is 12.7 Å². The van der Waals surface area contributed by atoms with E-state index < -0.39 is 18.6 Å². The molecule has 0 atom stereocenters. The number of aromatic nitrogens is 3. The molecule has 0 aromatic carbocycles. The number of nitrogens with zero attached hydrogens (tertiary/aromatic N) is 4. The van der Waals surface area contributed by atoms with Crippen molar-refractivity contribution in [1.29, 1.82) is 0 Å². The fourth-order valence-electron chi connectivity index (χ4n) is 1.00. The Morgan fingerprint density at radius 3 is 2.69 bits per heavy atom. The SMILES string of the molecule is CN(CC(F)(F)F)C(=O)Cn1cnc(N)n1. The molecule has 0 saturated heterocycles. The van der Waals surface area contributed by atoms with E-state index in [0.29, 0.717) is 4.90 Å². The average Bonchev–Trinajstić information content (AvgIpc) is 2.48. The molecule has 0 aliphatic rings. The maximum absolute atomic E-state index is 12.0. The standard InChI is InChI=1S/C7H10F3N5O/c1-14(3-7(8,9)10)5(16)2-15-4-12-6(11)13-15/h4H,2-3H2,1H3,(H2,11,13). The lowest BCUT2D eigenvalue weighted by Crippen LogP contribution is -2.37. The number of nitrogens with two attached hydrogens (primary N) is 1. The van der Waals surface area contributed by atoms with Crippen LogP contribution in [0.15, 0.2) is 6.33 Å². The van der Waals surface area contributed by atoms with E-state index in [1.54, 1.807) is 0 Å². The number of anilines is 1. The molecule has 0 spiro atoms. The molecule has 0 fully saturated rings. The van der Waals surface area contributed by atoms with Crippen LogP contribution in [0.3, 0.4) is 0 Å². The molecular formula is C7H10F3N5O. The minimum atomic E-state index is -4.41. The number of hydrogen-bond donors (Lipinski definition) is 1. The van der Waals surface area contributed by atoms with Crippen LogP contribution < -0.4 is 5.73 Å². The van der Waals surface area contributed by atoms with E-state index in [4.69, 9.17) is 5.73 Å². The third-order valence-electron chi connectivity index (χ3n) is 1.69. The predicted octanol–water partition coefficient (Wildman–Crippen LogP) is -0.119. The van der Waals surface area contributed by atoms with Crippen LogP contribution >= 0.6 is 0 Å². The van der Waals surface area contributed by atoms with Gasteiger partial charge in [0, 0.05) is 7.05 Å². The van der Waals surface area contributed by atoms with E-state index in [-0.39, 0.29) is 12.5 Å². The van der Waals surface area contributed by atoms with Gasteiger partial charge in [-0.2, -0.15) is 13.2 Å². The summed E-state index contributed by atoms with van der Waals surface area (Å²) in [7, 11) is 1.07. The van der Waals surface area contributed by atoms with Crippen LogP contribution in [-0.2, 0) is 11.3 Å². The molecule has 0 unspecified atom stereocenters. The zero-order valence-electron chi connectivity index (χ0n) is 8.40. The molecule has 1 amide bonds. The van der Waals surface area contributed by atoms with Crippen molar-refractivity contribution in [3.8, 4) is 0 Å². The van der Waals surface area contributed by atoms with Gasteiger partial charge in [0.15, 0.2) is 0 Å². The van der Waals surface area contributed by atoms with E-state index in [0.717, 1.165) is 11.7 Å². The van der Waals surface area contributed by atoms with Crippen LogP contribution in [-0.4, -0.2) is 45.3 Å². The number of rotatable bonds is 3. The highest BCUT2D eigenvalue weighted by Gasteiger charge is 2.31. The molecular weight excluding hydrogens is 227 g/mol. The third-order valence-corrected chi connectivity index (χ3v) is 1.69. The molecule has 0 bridgehead atoms. The summed E-state index contributed by atoms with van der Waals surface area (Å²) in [5.41, 5.74) is 5.18. The van der Waals surface area contributed by atoms with Crippen LogP contribution in [0.5, 0.6) is 0 Å². The lowest BCUT2D eigenvalue weighted by atomic mass is 10.5. The molecule has 0 aliphatic heterocycles. The highest BCUT2D eigenvalue weighted by atomic mass is 19.4. The molecule has 1 aromatic heterocycles. The van der Waals surface area contributed by atoms with Crippen molar-refractivity contribution in [2.75, 3.05) is 19.3 Å². The van der Waals surface area contributed by atoms with Crippen molar-refractivity contribution in [1.82, 2.24) is 19.7 Å². The van der Waals surface area contributed by atoms with Gasteiger partial charge in [-0.15, -0.1) is 5.10 Å². The van der Waals surface area contributed by atoms with Crippen LogP contribution in [0.25, 0.3) is 0 Å². The summed E-state index contributed by atoms with van der Waals surface area (Å²) in [6.07, 6.45) is -3.24. The summed E-state index contributed by atoms with van der Waals surface area (Å²) in [6.45, 7) is -1.62. The fraction of sp³-hybridized carbons (Fsp3) is 0.571. The second-order valence-electron chi connectivity index (χ2n) is 3.17. The molecule has 90 valence electrons. The fourth-order valence-corrected chi connectivity index (χ4v) is 1.00. The number of hydrogen-bond acceptors (Lipinski definition) is 4. The van der Waals surface area contributed by atoms with Crippen molar-refractivity contribution < 1.29 is 18.0 Å². The van der Waals surface area contributed by atoms with E-state index in [2.05, 4.69) is 10.1 Å². The molecule has 0 saturated carbocycles. The molecule has 1 heterocycles. The van der Waals surface area contributed by atoms with Gasteiger partial charge in [-0.05, 0) is 0 Å². The Hall–Kier alpha value is -1.80. The minimum absolute atomic E-state index is 0.0359. The van der Waals surface area contributed by atoms with E-state index in [1.165, 1.54) is 6.33 Å². The molecule has 2 N–H and O–H groups in total. The Balaban J connectivity index is 2.52. The van der Waals surface area contributed by atoms with Gasteiger partial charge in [-0.1, -0.05) is 0 Å². The van der Waals surface area contributed by atoms with Crippen molar-refractivity contribution in [3.63, 3.8) is 0 Å². The van der Waals surface area contributed by atoms with Crippen LogP contribution in [0.4, 0.5) is 19.1 Å². The van der Waals surface area contributed by atoms with E-state index in [1.807, 2.05) is 0 Å². The molecule has 6 nitrogen and oxygen atoms in total. The average molecular weight is 237 g/mol. The van der Waals surface area contributed by atoms with Crippen molar-refractivity contribution in [3.05, 3.63) is 6.33 Å². The molecule has 0 aliphatic carbocycles. The highest BCUT2D eigenvalue weighted by molar-refractivity contribution is 5.75. The number of likely N-dealkylation sites (N-methyl/N-ethyl adjacent to an activating group) is 1. The van der Waals surface area contributed by atoms with E-state index >= 15 is 0 Å². The molecule has 0 radical (unpaired) electrons. The summed E-state index contributed by atoms with van der Waals surface area (Å²) >= 11 is 0. The summed E-state index contributed by atoms with van der Waals surface area (Å²) in [5.74, 6) is -0.756. The van der Waals surface area contributed by atoms with Gasteiger partial charge in [-0.3, -0.25) is 4.79 Å². The lowest BCUT2D eigenvalue weighted by Gasteiger charge is -2.18. The van der Waals surface area contributed by atoms with E-state index in [9.17, 15) is 18.0 Å². The normalized spacial score (nSPS) is 11.5. The molecule has 9 heteroatoms. The lowest BCUT2D eigenvalue weighted by molar-refractivity contribution is -0.158.